The third-order valence-corrected chi connectivity index (χ3v) is 9.86. The molecule has 0 saturated carbocycles. The smallest absolute Gasteiger partial charge is 0.227 e. The number of aromatic nitrogens is 1. The van der Waals surface area contributed by atoms with Crippen molar-refractivity contribution in [3.63, 3.8) is 0 Å². The Balaban J connectivity index is 1.21. The summed E-state index contributed by atoms with van der Waals surface area (Å²) >= 11 is 0. The van der Waals surface area contributed by atoms with Gasteiger partial charge in [-0.3, -0.25) is 0 Å². The van der Waals surface area contributed by atoms with E-state index in [1.165, 1.54) is 0 Å². The van der Waals surface area contributed by atoms with E-state index in [4.69, 9.17) is 18.2 Å². The van der Waals surface area contributed by atoms with Crippen molar-refractivity contribution in [3.8, 4) is 11.5 Å². The van der Waals surface area contributed by atoms with Crippen LogP contribution in [0.3, 0.4) is 0 Å². The number of anilines is 3. The van der Waals surface area contributed by atoms with E-state index in [1.807, 2.05) is 66.7 Å². The molecule has 3 heterocycles. The molecule has 11 aromatic rings. The van der Waals surface area contributed by atoms with E-state index in [-0.39, 0.29) is 0 Å². The number of furan rings is 2. The molecule has 0 spiro atoms. The minimum absolute atomic E-state index is 0.613. The molecule has 5 nitrogen and oxygen atoms in total. The first kappa shape index (κ1) is 27.1. The van der Waals surface area contributed by atoms with Gasteiger partial charge in [0.2, 0.25) is 5.89 Å². The van der Waals surface area contributed by atoms with Gasteiger partial charge in [-0.1, -0.05) is 84.9 Å². The molecule has 50 heavy (non-hydrogen) atoms. The molecular weight excluding hydrogens is 617 g/mol. The van der Waals surface area contributed by atoms with Gasteiger partial charge < -0.3 is 18.2 Å². The van der Waals surface area contributed by atoms with Crippen LogP contribution in [-0.4, -0.2) is 4.98 Å². The zero-order valence-corrected chi connectivity index (χ0v) is 26.6. The maximum atomic E-state index is 6.57. The Hall–Kier alpha value is -6.85. The number of hydrogen-bond donors (Lipinski definition) is 0. The highest BCUT2D eigenvalue weighted by atomic mass is 16.3. The van der Waals surface area contributed by atoms with E-state index in [2.05, 4.69) is 95.9 Å². The van der Waals surface area contributed by atoms with Gasteiger partial charge >= 0.3 is 0 Å². The molecule has 8 aromatic carbocycles. The van der Waals surface area contributed by atoms with Gasteiger partial charge in [0, 0.05) is 38.5 Å². The van der Waals surface area contributed by atoms with Crippen molar-refractivity contribution in [3.05, 3.63) is 158 Å². The second kappa shape index (κ2) is 10.3. The Kier molecular flexibility index (Phi) is 5.60. The highest BCUT2D eigenvalue weighted by Gasteiger charge is 2.22. The molecule has 0 amide bonds. The fraction of sp³-hybridized carbons (Fsp3) is 0. The first-order valence-electron chi connectivity index (χ1n) is 16.7. The molecule has 0 bridgehead atoms. The van der Waals surface area contributed by atoms with Crippen LogP contribution in [0.5, 0.6) is 0 Å². The summed E-state index contributed by atoms with van der Waals surface area (Å²) in [6.07, 6.45) is 0. The Bertz CT molecular complexity index is 3110. The maximum Gasteiger partial charge on any atom is 0.227 e. The van der Waals surface area contributed by atoms with Crippen LogP contribution in [0.2, 0.25) is 0 Å². The lowest BCUT2D eigenvalue weighted by molar-refractivity contribution is 0.623. The van der Waals surface area contributed by atoms with E-state index >= 15 is 0 Å². The van der Waals surface area contributed by atoms with Gasteiger partial charge in [-0.15, -0.1) is 0 Å². The minimum Gasteiger partial charge on any atom is -0.456 e. The van der Waals surface area contributed by atoms with Crippen molar-refractivity contribution in [2.24, 2.45) is 0 Å². The van der Waals surface area contributed by atoms with Crippen LogP contribution in [-0.2, 0) is 0 Å². The molecule has 0 N–H and O–H groups in total. The van der Waals surface area contributed by atoms with Gasteiger partial charge in [0.05, 0.1) is 11.1 Å². The van der Waals surface area contributed by atoms with E-state index in [1.54, 1.807) is 0 Å². The average molecular weight is 643 g/mol. The van der Waals surface area contributed by atoms with Crippen molar-refractivity contribution < 1.29 is 13.3 Å². The fourth-order valence-corrected chi connectivity index (χ4v) is 7.58. The van der Waals surface area contributed by atoms with Gasteiger partial charge in [-0.25, -0.2) is 4.98 Å². The summed E-state index contributed by atoms with van der Waals surface area (Å²) in [5.41, 5.74) is 9.03. The predicted octanol–water partition coefficient (Wildman–Crippen LogP) is 13.1. The van der Waals surface area contributed by atoms with Crippen LogP contribution in [0.25, 0.3) is 88.0 Å². The summed E-state index contributed by atoms with van der Waals surface area (Å²) in [4.78, 5) is 7.24. The van der Waals surface area contributed by atoms with E-state index in [0.29, 0.717) is 5.89 Å². The Morgan fingerprint density at radius 3 is 1.94 bits per heavy atom. The average Bonchev–Trinajstić information content (AvgIpc) is 3.89. The second-order valence-corrected chi connectivity index (χ2v) is 12.7. The normalized spacial score (nSPS) is 12.0. The standard InChI is InChI=1S/C45H26N2O3/c1-2-9-29(10-3-1)45-46-36-23-20-28-18-17-27-19-21-30(25-34(27)42(28)44(36)50-45)47(31-22-24-40-35(26-31)32-11-4-6-14-38(32)48-40)37-13-8-16-41-43(37)33-12-5-7-15-39(33)49-41/h1-26H. The van der Waals surface area contributed by atoms with Crippen LogP contribution in [0.15, 0.2) is 171 Å². The van der Waals surface area contributed by atoms with Crippen LogP contribution in [0.4, 0.5) is 17.1 Å². The number of para-hydroxylation sites is 2. The van der Waals surface area contributed by atoms with Gasteiger partial charge in [-0.05, 0) is 89.0 Å². The van der Waals surface area contributed by atoms with Crippen LogP contribution in [0.1, 0.15) is 0 Å². The summed E-state index contributed by atoms with van der Waals surface area (Å²) in [6.45, 7) is 0. The molecule has 5 heteroatoms. The van der Waals surface area contributed by atoms with Crippen molar-refractivity contribution in [1.29, 1.82) is 0 Å². The van der Waals surface area contributed by atoms with Crippen LogP contribution >= 0.6 is 0 Å². The van der Waals surface area contributed by atoms with Crippen molar-refractivity contribution in [2.75, 3.05) is 4.90 Å². The molecular formula is C45H26N2O3. The fourth-order valence-electron chi connectivity index (χ4n) is 7.58. The zero-order chi connectivity index (χ0) is 32.8. The van der Waals surface area contributed by atoms with E-state index < -0.39 is 0 Å². The Labute approximate surface area is 285 Å². The summed E-state index contributed by atoms with van der Waals surface area (Å²) in [7, 11) is 0. The number of rotatable bonds is 4. The van der Waals surface area contributed by atoms with Gasteiger partial charge in [0.25, 0.3) is 0 Å². The van der Waals surface area contributed by atoms with E-state index in [0.717, 1.165) is 99.1 Å². The summed E-state index contributed by atoms with van der Waals surface area (Å²) in [5.74, 6) is 0.613. The third-order valence-electron chi connectivity index (χ3n) is 9.86. The second-order valence-electron chi connectivity index (χ2n) is 12.7. The number of hydrogen-bond acceptors (Lipinski definition) is 5. The van der Waals surface area contributed by atoms with Crippen molar-refractivity contribution >= 4 is 93.6 Å². The Morgan fingerprint density at radius 1 is 0.420 bits per heavy atom. The van der Waals surface area contributed by atoms with Crippen molar-refractivity contribution in [2.45, 2.75) is 0 Å². The lowest BCUT2D eigenvalue weighted by atomic mass is 9.99. The topological polar surface area (TPSA) is 55.6 Å². The van der Waals surface area contributed by atoms with Gasteiger partial charge in [0.1, 0.15) is 27.8 Å². The monoisotopic (exact) mass is 642 g/mol. The first-order chi connectivity index (χ1) is 24.8. The molecule has 0 fully saturated rings. The third kappa shape index (κ3) is 3.98. The summed E-state index contributed by atoms with van der Waals surface area (Å²) in [6, 6.07) is 54.5. The minimum atomic E-state index is 0.613. The molecule has 0 saturated heterocycles. The molecule has 3 aromatic heterocycles. The first-order valence-corrected chi connectivity index (χ1v) is 16.7. The Morgan fingerprint density at radius 2 is 1.06 bits per heavy atom. The largest absolute Gasteiger partial charge is 0.456 e. The molecule has 0 atom stereocenters. The zero-order valence-electron chi connectivity index (χ0n) is 26.6. The highest BCUT2D eigenvalue weighted by Crippen LogP contribution is 2.46. The molecule has 0 aliphatic heterocycles. The molecule has 0 aliphatic carbocycles. The quantitative estimate of drug-likeness (QED) is 0.179. The van der Waals surface area contributed by atoms with Crippen molar-refractivity contribution in [1.82, 2.24) is 4.98 Å². The number of nitrogens with zero attached hydrogens (tertiary/aromatic N) is 2. The molecule has 0 aliphatic rings. The summed E-state index contributed by atoms with van der Waals surface area (Å²) < 4.78 is 19.2. The number of fused-ring (bicyclic) bond motifs is 11. The van der Waals surface area contributed by atoms with Crippen LogP contribution in [0, 0.1) is 0 Å². The maximum absolute atomic E-state index is 6.57. The van der Waals surface area contributed by atoms with Gasteiger partial charge in [-0.2, -0.15) is 0 Å². The predicted molar refractivity (Wildman–Crippen MR) is 204 cm³/mol. The SMILES string of the molecule is c1ccc(-c2nc3ccc4ccc5ccc(N(c6ccc7oc8ccccc8c7c6)c6cccc7oc8ccccc8c67)cc5c4c3o2)cc1. The van der Waals surface area contributed by atoms with E-state index in [9.17, 15) is 0 Å². The lowest BCUT2D eigenvalue weighted by Crippen LogP contribution is -2.10. The molecule has 11 rings (SSSR count). The summed E-state index contributed by atoms with van der Waals surface area (Å²) in [5, 5.41) is 8.63. The molecule has 234 valence electrons. The lowest BCUT2D eigenvalue weighted by Gasteiger charge is -2.27. The van der Waals surface area contributed by atoms with Crippen LogP contribution < -0.4 is 4.90 Å². The number of oxazole rings is 1. The highest BCUT2D eigenvalue weighted by molar-refractivity contribution is 6.19. The number of benzene rings is 8. The molecule has 0 unspecified atom stereocenters. The molecule has 0 radical (unpaired) electrons. The van der Waals surface area contributed by atoms with Gasteiger partial charge in [0.15, 0.2) is 5.58 Å².